The summed E-state index contributed by atoms with van der Waals surface area (Å²) < 4.78 is 0. The molecule has 1 heterocycles. The van der Waals surface area contributed by atoms with E-state index in [2.05, 4.69) is 18.7 Å². The van der Waals surface area contributed by atoms with Gasteiger partial charge >= 0.3 is 0 Å². The van der Waals surface area contributed by atoms with Gasteiger partial charge in [0.1, 0.15) is 0 Å². The predicted molar refractivity (Wildman–Crippen MR) is 56.8 cm³/mol. The maximum absolute atomic E-state index is 2.61. The van der Waals surface area contributed by atoms with Crippen molar-refractivity contribution in [2.45, 2.75) is 46.0 Å². The molecular formula is C12H23N. The van der Waals surface area contributed by atoms with Crippen LogP contribution in [0.5, 0.6) is 0 Å². The Kier molecular flexibility index (Phi) is 2.64. The summed E-state index contributed by atoms with van der Waals surface area (Å²) in [6, 6.07) is 0. The molecule has 0 bridgehead atoms. The lowest BCUT2D eigenvalue weighted by Gasteiger charge is -2.56. The summed E-state index contributed by atoms with van der Waals surface area (Å²) in [7, 11) is 0. The first-order valence-electron chi connectivity index (χ1n) is 6.03. The molecule has 1 atom stereocenters. The van der Waals surface area contributed by atoms with Crippen molar-refractivity contribution < 1.29 is 0 Å². The van der Waals surface area contributed by atoms with Gasteiger partial charge in [0.25, 0.3) is 0 Å². The van der Waals surface area contributed by atoms with Gasteiger partial charge in [-0.15, -0.1) is 0 Å². The summed E-state index contributed by atoms with van der Waals surface area (Å²) >= 11 is 0. The molecule has 2 aliphatic rings. The van der Waals surface area contributed by atoms with Crippen molar-refractivity contribution >= 4 is 0 Å². The molecule has 0 aromatic heterocycles. The highest BCUT2D eigenvalue weighted by molar-refractivity contribution is 5.00. The quantitative estimate of drug-likeness (QED) is 0.633. The topological polar surface area (TPSA) is 3.24 Å². The van der Waals surface area contributed by atoms with E-state index >= 15 is 0 Å². The molecule has 1 aliphatic carbocycles. The second-order valence-corrected chi connectivity index (χ2v) is 5.02. The molecule has 76 valence electrons. The summed E-state index contributed by atoms with van der Waals surface area (Å²) in [5.41, 5.74) is 0.767. The van der Waals surface area contributed by atoms with E-state index < -0.39 is 0 Å². The van der Waals surface area contributed by atoms with Crippen molar-refractivity contribution in [1.82, 2.24) is 4.90 Å². The first kappa shape index (κ1) is 9.51. The van der Waals surface area contributed by atoms with Crippen LogP contribution in [-0.2, 0) is 0 Å². The minimum absolute atomic E-state index is 0.767. The minimum atomic E-state index is 0.767. The molecular weight excluding hydrogens is 158 g/mol. The molecule has 0 amide bonds. The third-order valence-corrected chi connectivity index (χ3v) is 4.36. The standard InChI is InChI=1S/C12H23N/c1-3-11-7-5-6-8-12(11)9-13(4-2)10-12/h11H,3-10H2,1-2H3. The van der Waals surface area contributed by atoms with Crippen LogP contribution in [0.3, 0.4) is 0 Å². The van der Waals surface area contributed by atoms with Gasteiger partial charge in [0.05, 0.1) is 0 Å². The Bertz CT molecular complexity index is 170. The van der Waals surface area contributed by atoms with Gasteiger partial charge in [-0.2, -0.15) is 0 Å². The van der Waals surface area contributed by atoms with Gasteiger partial charge in [-0.25, -0.2) is 0 Å². The summed E-state index contributed by atoms with van der Waals surface area (Å²) in [6.07, 6.45) is 7.42. The lowest BCUT2D eigenvalue weighted by atomic mass is 9.61. The Hall–Kier alpha value is -0.0400. The molecule has 1 aliphatic heterocycles. The lowest BCUT2D eigenvalue weighted by Crippen LogP contribution is -2.60. The fraction of sp³-hybridized carbons (Fsp3) is 1.00. The van der Waals surface area contributed by atoms with Crippen molar-refractivity contribution in [2.24, 2.45) is 11.3 Å². The lowest BCUT2D eigenvalue weighted by molar-refractivity contribution is -0.0702. The molecule has 1 unspecified atom stereocenters. The number of likely N-dealkylation sites (tertiary alicyclic amines) is 1. The van der Waals surface area contributed by atoms with Gasteiger partial charge in [0.15, 0.2) is 0 Å². The average Bonchev–Trinajstić information content (AvgIpc) is 2.13. The van der Waals surface area contributed by atoms with Gasteiger partial charge < -0.3 is 4.90 Å². The van der Waals surface area contributed by atoms with Crippen molar-refractivity contribution in [3.8, 4) is 0 Å². The smallest absolute Gasteiger partial charge is 0.00530 e. The fourth-order valence-electron chi connectivity index (χ4n) is 3.50. The summed E-state index contributed by atoms with van der Waals surface area (Å²) in [4.78, 5) is 2.61. The largest absolute Gasteiger partial charge is 0.302 e. The van der Waals surface area contributed by atoms with Crippen LogP contribution in [0.2, 0.25) is 0 Å². The number of nitrogens with zero attached hydrogens (tertiary/aromatic N) is 1. The van der Waals surface area contributed by atoms with Crippen molar-refractivity contribution in [1.29, 1.82) is 0 Å². The van der Waals surface area contributed by atoms with Gasteiger partial charge in [0, 0.05) is 13.1 Å². The molecule has 1 spiro atoms. The Morgan fingerprint density at radius 3 is 2.62 bits per heavy atom. The molecule has 0 radical (unpaired) electrons. The highest BCUT2D eigenvalue weighted by atomic mass is 15.2. The number of hydrogen-bond donors (Lipinski definition) is 0. The molecule has 0 aromatic carbocycles. The van der Waals surface area contributed by atoms with Crippen LogP contribution < -0.4 is 0 Å². The molecule has 13 heavy (non-hydrogen) atoms. The van der Waals surface area contributed by atoms with Crippen LogP contribution in [0.4, 0.5) is 0 Å². The molecule has 1 saturated heterocycles. The highest BCUT2D eigenvalue weighted by Gasteiger charge is 2.47. The van der Waals surface area contributed by atoms with E-state index in [0.29, 0.717) is 0 Å². The Balaban J connectivity index is 1.96. The summed E-state index contributed by atoms with van der Waals surface area (Å²) in [5.74, 6) is 1.05. The Labute approximate surface area is 82.5 Å². The SMILES string of the molecule is CCC1CCCCC12CN(CC)C2. The van der Waals surface area contributed by atoms with E-state index in [9.17, 15) is 0 Å². The van der Waals surface area contributed by atoms with Crippen LogP contribution in [0.15, 0.2) is 0 Å². The van der Waals surface area contributed by atoms with Crippen LogP contribution in [0.25, 0.3) is 0 Å². The van der Waals surface area contributed by atoms with Crippen LogP contribution in [0, 0.1) is 11.3 Å². The Morgan fingerprint density at radius 1 is 1.23 bits per heavy atom. The first-order valence-corrected chi connectivity index (χ1v) is 6.03. The number of hydrogen-bond acceptors (Lipinski definition) is 1. The zero-order valence-corrected chi connectivity index (χ0v) is 9.18. The first-order chi connectivity index (χ1) is 6.30. The van der Waals surface area contributed by atoms with E-state index in [-0.39, 0.29) is 0 Å². The van der Waals surface area contributed by atoms with E-state index in [1.807, 2.05) is 0 Å². The van der Waals surface area contributed by atoms with Gasteiger partial charge in [0.2, 0.25) is 0 Å². The average molecular weight is 181 g/mol. The molecule has 0 N–H and O–H groups in total. The third-order valence-electron chi connectivity index (χ3n) is 4.36. The van der Waals surface area contributed by atoms with E-state index in [1.165, 1.54) is 51.7 Å². The maximum atomic E-state index is 2.61. The van der Waals surface area contributed by atoms with E-state index in [0.717, 1.165) is 11.3 Å². The third kappa shape index (κ3) is 1.52. The van der Waals surface area contributed by atoms with Gasteiger partial charge in [-0.1, -0.05) is 33.1 Å². The molecule has 2 fully saturated rings. The van der Waals surface area contributed by atoms with Crippen molar-refractivity contribution in [2.75, 3.05) is 19.6 Å². The zero-order chi connectivity index (χ0) is 9.31. The zero-order valence-electron chi connectivity index (χ0n) is 9.18. The fourth-order valence-corrected chi connectivity index (χ4v) is 3.50. The second-order valence-electron chi connectivity index (χ2n) is 5.02. The molecule has 1 saturated carbocycles. The minimum Gasteiger partial charge on any atom is -0.302 e. The molecule has 0 aromatic rings. The van der Waals surface area contributed by atoms with Crippen LogP contribution in [0.1, 0.15) is 46.0 Å². The van der Waals surface area contributed by atoms with E-state index in [1.54, 1.807) is 0 Å². The van der Waals surface area contributed by atoms with E-state index in [4.69, 9.17) is 0 Å². The molecule has 2 rings (SSSR count). The van der Waals surface area contributed by atoms with Crippen molar-refractivity contribution in [3.63, 3.8) is 0 Å². The van der Waals surface area contributed by atoms with Crippen LogP contribution in [-0.4, -0.2) is 24.5 Å². The second kappa shape index (κ2) is 3.61. The monoisotopic (exact) mass is 181 g/mol. The van der Waals surface area contributed by atoms with Crippen LogP contribution >= 0.6 is 0 Å². The maximum Gasteiger partial charge on any atom is 0.00530 e. The Morgan fingerprint density at radius 2 is 2.00 bits per heavy atom. The van der Waals surface area contributed by atoms with Gasteiger partial charge in [-0.3, -0.25) is 0 Å². The summed E-state index contributed by atoms with van der Waals surface area (Å²) in [5, 5.41) is 0. The summed E-state index contributed by atoms with van der Waals surface area (Å²) in [6.45, 7) is 8.74. The molecule has 1 nitrogen and oxygen atoms in total. The van der Waals surface area contributed by atoms with Gasteiger partial charge in [-0.05, 0) is 30.7 Å². The highest BCUT2D eigenvalue weighted by Crippen LogP contribution is 2.48. The van der Waals surface area contributed by atoms with Crippen molar-refractivity contribution in [3.05, 3.63) is 0 Å². The molecule has 1 heteroatoms. The predicted octanol–water partition coefficient (Wildman–Crippen LogP) is 2.91. The normalized spacial score (nSPS) is 33.2. The number of rotatable bonds is 2.